The van der Waals surface area contributed by atoms with Gasteiger partial charge in [0.05, 0.1) is 12.6 Å². The van der Waals surface area contributed by atoms with E-state index in [0.29, 0.717) is 0 Å². The molecule has 0 aromatic heterocycles. The number of likely N-dealkylation sites (tertiary alicyclic amines) is 1. The number of hydrogen-bond acceptors (Lipinski definition) is 3. The van der Waals surface area contributed by atoms with E-state index in [0.717, 1.165) is 36.3 Å². The van der Waals surface area contributed by atoms with Crippen molar-refractivity contribution >= 4 is 5.91 Å². The highest BCUT2D eigenvalue weighted by Gasteiger charge is 2.28. The molecule has 4 nitrogen and oxygen atoms in total. The summed E-state index contributed by atoms with van der Waals surface area (Å²) in [5, 5.41) is 9.22. The molecular weight excluding hydrogens is 242 g/mol. The zero-order valence-electron chi connectivity index (χ0n) is 11.6. The van der Waals surface area contributed by atoms with Crippen LogP contribution in [0.25, 0.3) is 0 Å². The van der Waals surface area contributed by atoms with Crippen LogP contribution in [0.3, 0.4) is 0 Å². The summed E-state index contributed by atoms with van der Waals surface area (Å²) in [6.07, 6.45) is 1.84. The Bertz CT molecular complexity index is 459. The maximum absolute atomic E-state index is 12.1. The van der Waals surface area contributed by atoms with Crippen LogP contribution < -0.4 is 4.74 Å². The second-order valence-corrected chi connectivity index (χ2v) is 5.05. The van der Waals surface area contributed by atoms with Crippen molar-refractivity contribution in [2.45, 2.75) is 32.7 Å². The fourth-order valence-electron chi connectivity index (χ4n) is 2.46. The first-order chi connectivity index (χ1) is 9.13. The van der Waals surface area contributed by atoms with Crippen LogP contribution in [0.1, 0.15) is 24.0 Å². The summed E-state index contributed by atoms with van der Waals surface area (Å²) in [5.74, 6) is 0.713. The molecule has 1 aromatic carbocycles. The van der Waals surface area contributed by atoms with Crippen LogP contribution in [0, 0.1) is 13.8 Å². The third-order valence-electron chi connectivity index (χ3n) is 3.81. The van der Waals surface area contributed by atoms with E-state index in [1.54, 1.807) is 4.90 Å². The van der Waals surface area contributed by atoms with Crippen LogP contribution in [0.5, 0.6) is 5.75 Å². The first kappa shape index (κ1) is 13.9. The van der Waals surface area contributed by atoms with Crippen LogP contribution in [0.4, 0.5) is 0 Å². The van der Waals surface area contributed by atoms with E-state index in [1.807, 2.05) is 32.0 Å². The molecule has 1 aliphatic rings. The Balaban J connectivity index is 1.95. The predicted molar refractivity (Wildman–Crippen MR) is 73.2 cm³/mol. The van der Waals surface area contributed by atoms with Crippen molar-refractivity contribution in [3.05, 3.63) is 29.3 Å². The molecule has 1 aliphatic heterocycles. The third kappa shape index (κ3) is 3.07. The second-order valence-electron chi connectivity index (χ2n) is 5.05. The normalized spacial score (nSPS) is 18.7. The Morgan fingerprint density at radius 1 is 1.47 bits per heavy atom. The molecule has 1 aromatic rings. The zero-order chi connectivity index (χ0) is 13.8. The van der Waals surface area contributed by atoms with Crippen LogP contribution in [-0.2, 0) is 4.79 Å². The summed E-state index contributed by atoms with van der Waals surface area (Å²) >= 11 is 0. The summed E-state index contributed by atoms with van der Waals surface area (Å²) in [6.45, 7) is 4.81. The topological polar surface area (TPSA) is 49.8 Å². The van der Waals surface area contributed by atoms with E-state index in [4.69, 9.17) is 4.74 Å². The number of carbonyl (C=O) groups is 1. The fourth-order valence-corrected chi connectivity index (χ4v) is 2.46. The number of aliphatic hydroxyl groups is 1. The lowest BCUT2D eigenvalue weighted by atomic mass is 10.1. The SMILES string of the molecule is Cc1cccc(OCC(=O)N2CCCC2CO)c1C. The Morgan fingerprint density at radius 3 is 3.00 bits per heavy atom. The average molecular weight is 263 g/mol. The number of carbonyl (C=O) groups excluding carboxylic acids is 1. The van der Waals surface area contributed by atoms with E-state index in [-0.39, 0.29) is 25.2 Å². The van der Waals surface area contributed by atoms with Crippen LogP contribution >= 0.6 is 0 Å². The Labute approximate surface area is 114 Å². The van der Waals surface area contributed by atoms with Crippen molar-refractivity contribution in [2.75, 3.05) is 19.8 Å². The molecule has 1 heterocycles. The molecule has 0 saturated carbocycles. The summed E-state index contributed by atoms with van der Waals surface area (Å²) in [4.78, 5) is 13.8. The van der Waals surface area contributed by atoms with Gasteiger partial charge in [-0.05, 0) is 43.9 Å². The standard InChI is InChI=1S/C15H21NO3/c1-11-5-3-7-14(12(11)2)19-10-15(18)16-8-4-6-13(16)9-17/h3,5,7,13,17H,4,6,8-10H2,1-2H3. The first-order valence-corrected chi connectivity index (χ1v) is 6.73. The molecule has 0 radical (unpaired) electrons. The number of rotatable bonds is 4. The van der Waals surface area contributed by atoms with Gasteiger partial charge < -0.3 is 14.7 Å². The van der Waals surface area contributed by atoms with E-state index in [2.05, 4.69) is 0 Å². The van der Waals surface area contributed by atoms with E-state index in [1.165, 1.54) is 0 Å². The summed E-state index contributed by atoms with van der Waals surface area (Å²) in [7, 11) is 0. The maximum atomic E-state index is 12.1. The molecule has 1 fully saturated rings. The third-order valence-corrected chi connectivity index (χ3v) is 3.81. The number of nitrogens with zero attached hydrogens (tertiary/aromatic N) is 1. The summed E-state index contributed by atoms with van der Waals surface area (Å²) in [5.41, 5.74) is 2.22. The molecule has 2 rings (SSSR count). The summed E-state index contributed by atoms with van der Waals surface area (Å²) < 4.78 is 5.61. The van der Waals surface area contributed by atoms with E-state index in [9.17, 15) is 9.90 Å². The Morgan fingerprint density at radius 2 is 2.26 bits per heavy atom. The smallest absolute Gasteiger partial charge is 0.260 e. The van der Waals surface area contributed by atoms with E-state index < -0.39 is 0 Å². The molecule has 1 atom stereocenters. The van der Waals surface area contributed by atoms with Crippen LogP contribution in [0.2, 0.25) is 0 Å². The van der Waals surface area contributed by atoms with Gasteiger partial charge in [-0.2, -0.15) is 0 Å². The second kappa shape index (κ2) is 6.06. The van der Waals surface area contributed by atoms with Gasteiger partial charge in [-0.3, -0.25) is 4.79 Å². The maximum Gasteiger partial charge on any atom is 0.260 e. The van der Waals surface area contributed by atoms with Crippen molar-refractivity contribution in [2.24, 2.45) is 0 Å². The van der Waals surface area contributed by atoms with Gasteiger partial charge in [0.1, 0.15) is 5.75 Å². The van der Waals surface area contributed by atoms with Gasteiger partial charge in [0, 0.05) is 6.54 Å². The number of ether oxygens (including phenoxy) is 1. The van der Waals surface area contributed by atoms with Gasteiger partial charge in [-0.1, -0.05) is 12.1 Å². The van der Waals surface area contributed by atoms with Gasteiger partial charge in [0.2, 0.25) is 0 Å². The molecule has 4 heteroatoms. The quantitative estimate of drug-likeness (QED) is 0.899. The fraction of sp³-hybridized carbons (Fsp3) is 0.533. The van der Waals surface area contributed by atoms with Gasteiger partial charge >= 0.3 is 0 Å². The van der Waals surface area contributed by atoms with Crippen molar-refractivity contribution < 1.29 is 14.6 Å². The molecule has 1 saturated heterocycles. The van der Waals surface area contributed by atoms with Crippen molar-refractivity contribution in [3.63, 3.8) is 0 Å². The van der Waals surface area contributed by atoms with Gasteiger partial charge in [-0.15, -0.1) is 0 Å². The minimum Gasteiger partial charge on any atom is -0.483 e. The lowest BCUT2D eigenvalue weighted by Crippen LogP contribution is -2.40. The van der Waals surface area contributed by atoms with E-state index >= 15 is 0 Å². The van der Waals surface area contributed by atoms with Gasteiger partial charge in [-0.25, -0.2) is 0 Å². The van der Waals surface area contributed by atoms with Crippen molar-refractivity contribution in [3.8, 4) is 5.75 Å². The predicted octanol–water partition coefficient (Wildman–Crippen LogP) is 1.67. The molecule has 104 valence electrons. The molecule has 1 N–H and O–H groups in total. The Hall–Kier alpha value is -1.55. The van der Waals surface area contributed by atoms with Crippen molar-refractivity contribution in [1.82, 2.24) is 4.90 Å². The number of amides is 1. The van der Waals surface area contributed by atoms with Crippen LogP contribution in [0.15, 0.2) is 18.2 Å². The number of hydrogen-bond donors (Lipinski definition) is 1. The molecule has 1 unspecified atom stereocenters. The highest BCUT2D eigenvalue weighted by atomic mass is 16.5. The first-order valence-electron chi connectivity index (χ1n) is 6.73. The molecule has 0 spiro atoms. The minimum absolute atomic E-state index is 0.0327. The molecule has 0 bridgehead atoms. The molecule has 19 heavy (non-hydrogen) atoms. The number of benzene rings is 1. The monoisotopic (exact) mass is 263 g/mol. The molecular formula is C15H21NO3. The number of aryl methyl sites for hydroxylation is 1. The molecule has 0 aliphatic carbocycles. The lowest BCUT2D eigenvalue weighted by molar-refractivity contribution is -0.134. The van der Waals surface area contributed by atoms with Crippen LogP contribution in [-0.4, -0.2) is 41.7 Å². The lowest BCUT2D eigenvalue weighted by Gasteiger charge is -2.23. The minimum atomic E-state index is -0.0440. The largest absolute Gasteiger partial charge is 0.483 e. The van der Waals surface area contributed by atoms with Crippen molar-refractivity contribution in [1.29, 1.82) is 0 Å². The Kier molecular flexibility index (Phi) is 4.43. The number of aliphatic hydroxyl groups excluding tert-OH is 1. The molecule has 1 amide bonds. The average Bonchev–Trinajstić information content (AvgIpc) is 2.88. The van der Waals surface area contributed by atoms with Gasteiger partial charge in [0.25, 0.3) is 5.91 Å². The van der Waals surface area contributed by atoms with Gasteiger partial charge in [0.15, 0.2) is 6.61 Å². The zero-order valence-corrected chi connectivity index (χ0v) is 11.6. The highest BCUT2D eigenvalue weighted by Crippen LogP contribution is 2.21. The highest BCUT2D eigenvalue weighted by molar-refractivity contribution is 5.78. The summed E-state index contributed by atoms with van der Waals surface area (Å²) in [6, 6.07) is 5.79.